The SMILES string of the molecule is Cc1ccc2c(c1)CC(N)=[NH+]2. The van der Waals surface area contributed by atoms with E-state index in [1.807, 2.05) is 0 Å². The molecule has 0 aromatic heterocycles. The molecule has 0 aliphatic carbocycles. The lowest BCUT2D eigenvalue weighted by Crippen LogP contribution is -2.66. The van der Waals surface area contributed by atoms with Crippen LogP contribution in [-0.2, 0) is 6.42 Å². The van der Waals surface area contributed by atoms with Gasteiger partial charge in [0, 0.05) is 5.56 Å². The molecule has 1 aliphatic heterocycles. The van der Waals surface area contributed by atoms with Crippen molar-refractivity contribution in [2.24, 2.45) is 5.73 Å². The Morgan fingerprint density at radius 1 is 1.45 bits per heavy atom. The molecule has 56 valence electrons. The topological polar surface area (TPSA) is 40.0 Å². The fourth-order valence-corrected chi connectivity index (χ4v) is 1.41. The van der Waals surface area contributed by atoms with E-state index in [9.17, 15) is 0 Å². The van der Waals surface area contributed by atoms with E-state index in [0.717, 1.165) is 17.9 Å². The predicted molar refractivity (Wildman–Crippen MR) is 44.7 cm³/mol. The second-order valence-electron chi connectivity index (χ2n) is 2.99. The van der Waals surface area contributed by atoms with Gasteiger partial charge in [-0.05, 0) is 13.0 Å². The van der Waals surface area contributed by atoms with Crippen LogP contribution in [0.3, 0.4) is 0 Å². The highest BCUT2D eigenvalue weighted by Gasteiger charge is 2.15. The van der Waals surface area contributed by atoms with Crippen LogP contribution < -0.4 is 10.7 Å². The first-order chi connectivity index (χ1) is 5.25. The zero-order chi connectivity index (χ0) is 7.84. The highest BCUT2D eigenvalue weighted by atomic mass is 14.9. The van der Waals surface area contributed by atoms with Crippen molar-refractivity contribution >= 4 is 11.5 Å². The third kappa shape index (κ3) is 1.00. The molecule has 0 saturated heterocycles. The van der Waals surface area contributed by atoms with Gasteiger partial charge in [-0.15, -0.1) is 0 Å². The average Bonchev–Trinajstić information content (AvgIpc) is 2.27. The van der Waals surface area contributed by atoms with Crippen LogP contribution in [0.25, 0.3) is 0 Å². The molecule has 1 aliphatic rings. The summed E-state index contributed by atoms with van der Waals surface area (Å²) in [4.78, 5) is 3.12. The second kappa shape index (κ2) is 2.09. The van der Waals surface area contributed by atoms with Crippen LogP contribution in [0.15, 0.2) is 18.2 Å². The number of hydrogen-bond donors (Lipinski definition) is 2. The summed E-state index contributed by atoms with van der Waals surface area (Å²) in [5, 5.41) is 0. The minimum Gasteiger partial charge on any atom is -0.291 e. The van der Waals surface area contributed by atoms with Crippen LogP contribution in [0.2, 0.25) is 0 Å². The van der Waals surface area contributed by atoms with E-state index < -0.39 is 0 Å². The number of hydrogen-bond acceptors (Lipinski definition) is 1. The monoisotopic (exact) mass is 147 g/mol. The van der Waals surface area contributed by atoms with Gasteiger partial charge < -0.3 is 0 Å². The Kier molecular flexibility index (Phi) is 1.22. The summed E-state index contributed by atoms with van der Waals surface area (Å²) in [6.07, 6.45) is 0.872. The van der Waals surface area contributed by atoms with Crippen LogP contribution in [0.4, 0.5) is 5.69 Å². The molecular weight excluding hydrogens is 136 g/mol. The maximum absolute atomic E-state index is 5.64. The van der Waals surface area contributed by atoms with E-state index in [1.165, 1.54) is 11.1 Å². The van der Waals surface area contributed by atoms with Crippen molar-refractivity contribution in [3.05, 3.63) is 29.3 Å². The molecule has 0 bridgehead atoms. The standard InChI is InChI=1S/C9H10N2/c1-6-2-3-8-7(4-6)5-9(10)11-8/h2-4H,5H2,1H3,(H2,10,11)/p+1. The van der Waals surface area contributed by atoms with Crippen molar-refractivity contribution < 1.29 is 4.99 Å². The molecule has 0 saturated carbocycles. The molecule has 2 nitrogen and oxygen atoms in total. The molecule has 1 heterocycles. The van der Waals surface area contributed by atoms with Gasteiger partial charge in [0.25, 0.3) is 0 Å². The van der Waals surface area contributed by atoms with Crippen molar-refractivity contribution in [2.45, 2.75) is 13.3 Å². The van der Waals surface area contributed by atoms with Gasteiger partial charge >= 0.3 is 0 Å². The Hall–Kier alpha value is -1.31. The molecule has 0 unspecified atom stereocenters. The zero-order valence-electron chi connectivity index (χ0n) is 6.52. The lowest BCUT2D eigenvalue weighted by Gasteiger charge is -1.94. The van der Waals surface area contributed by atoms with Gasteiger partial charge in [0.1, 0.15) is 5.69 Å². The molecule has 2 rings (SSSR count). The Balaban J connectivity index is 2.52. The van der Waals surface area contributed by atoms with E-state index in [4.69, 9.17) is 5.73 Å². The first-order valence-corrected chi connectivity index (χ1v) is 3.73. The van der Waals surface area contributed by atoms with Gasteiger partial charge in [-0.1, -0.05) is 17.7 Å². The molecule has 0 fully saturated rings. The number of benzene rings is 1. The average molecular weight is 147 g/mol. The number of amidine groups is 1. The number of fused-ring (bicyclic) bond motifs is 1. The van der Waals surface area contributed by atoms with Crippen molar-refractivity contribution in [1.82, 2.24) is 0 Å². The molecule has 1 aromatic carbocycles. The highest BCUT2D eigenvalue weighted by molar-refractivity contribution is 5.82. The molecule has 0 atom stereocenters. The van der Waals surface area contributed by atoms with E-state index in [1.54, 1.807) is 0 Å². The third-order valence-corrected chi connectivity index (χ3v) is 1.94. The Morgan fingerprint density at radius 2 is 2.27 bits per heavy atom. The summed E-state index contributed by atoms with van der Waals surface area (Å²) < 4.78 is 0. The fourth-order valence-electron chi connectivity index (χ4n) is 1.41. The number of aryl methyl sites for hydroxylation is 1. The predicted octanol–water partition coefficient (Wildman–Crippen LogP) is -0.380. The van der Waals surface area contributed by atoms with Gasteiger partial charge in [-0.3, -0.25) is 5.73 Å². The van der Waals surface area contributed by atoms with Crippen LogP contribution >= 0.6 is 0 Å². The summed E-state index contributed by atoms with van der Waals surface area (Å²) in [5.74, 6) is 0.852. The van der Waals surface area contributed by atoms with Gasteiger partial charge in [-0.2, -0.15) is 0 Å². The quantitative estimate of drug-likeness (QED) is 0.516. The van der Waals surface area contributed by atoms with Crippen LogP contribution in [-0.4, -0.2) is 5.84 Å². The van der Waals surface area contributed by atoms with Crippen LogP contribution in [0.5, 0.6) is 0 Å². The lowest BCUT2D eigenvalue weighted by molar-refractivity contribution is -0.351. The number of rotatable bonds is 0. The number of nitrogens with two attached hydrogens (primary N) is 1. The summed E-state index contributed by atoms with van der Waals surface area (Å²) in [5.41, 5.74) is 9.40. The van der Waals surface area contributed by atoms with Crippen LogP contribution in [0, 0.1) is 6.92 Å². The molecule has 11 heavy (non-hydrogen) atoms. The molecule has 3 N–H and O–H groups in total. The summed E-state index contributed by atoms with van der Waals surface area (Å²) in [7, 11) is 0. The molecule has 0 radical (unpaired) electrons. The minimum absolute atomic E-state index is 0.852. The summed E-state index contributed by atoms with van der Waals surface area (Å²) in [6, 6.07) is 6.33. The first kappa shape index (κ1) is 6.40. The van der Waals surface area contributed by atoms with Gasteiger partial charge in [0.2, 0.25) is 5.84 Å². The fraction of sp³-hybridized carbons (Fsp3) is 0.222. The Morgan fingerprint density at radius 3 is 3.09 bits per heavy atom. The van der Waals surface area contributed by atoms with Crippen molar-refractivity contribution in [2.75, 3.05) is 0 Å². The van der Waals surface area contributed by atoms with E-state index >= 15 is 0 Å². The normalized spacial score (nSPS) is 14.5. The first-order valence-electron chi connectivity index (χ1n) is 3.73. The summed E-state index contributed by atoms with van der Waals surface area (Å²) >= 11 is 0. The molecule has 0 amide bonds. The minimum atomic E-state index is 0.852. The van der Waals surface area contributed by atoms with E-state index in [0.29, 0.717) is 0 Å². The lowest BCUT2D eigenvalue weighted by atomic mass is 10.1. The largest absolute Gasteiger partial charge is 0.291 e. The van der Waals surface area contributed by atoms with Crippen molar-refractivity contribution in [3.8, 4) is 0 Å². The smallest absolute Gasteiger partial charge is 0.250 e. The maximum Gasteiger partial charge on any atom is 0.250 e. The van der Waals surface area contributed by atoms with Crippen molar-refractivity contribution in [3.63, 3.8) is 0 Å². The highest BCUT2D eigenvalue weighted by Crippen LogP contribution is 2.14. The third-order valence-electron chi connectivity index (χ3n) is 1.94. The van der Waals surface area contributed by atoms with Crippen LogP contribution in [0.1, 0.15) is 11.1 Å². The maximum atomic E-state index is 5.64. The molecule has 0 spiro atoms. The van der Waals surface area contributed by atoms with Crippen molar-refractivity contribution in [1.29, 1.82) is 0 Å². The molecule has 2 heteroatoms. The Labute approximate surface area is 65.8 Å². The van der Waals surface area contributed by atoms with E-state index in [2.05, 4.69) is 30.1 Å². The number of nitrogens with one attached hydrogen (secondary N) is 1. The van der Waals surface area contributed by atoms with Gasteiger partial charge in [-0.25, -0.2) is 4.99 Å². The second-order valence-corrected chi connectivity index (χ2v) is 2.99. The Bertz CT molecular complexity index is 326. The van der Waals surface area contributed by atoms with Gasteiger partial charge in [0.15, 0.2) is 0 Å². The zero-order valence-corrected chi connectivity index (χ0v) is 6.52. The molecule has 1 aromatic rings. The molecular formula is C9H11N2+. The van der Waals surface area contributed by atoms with E-state index in [-0.39, 0.29) is 0 Å². The summed E-state index contributed by atoms with van der Waals surface area (Å²) in [6.45, 7) is 2.09. The van der Waals surface area contributed by atoms with Gasteiger partial charge in [0.05, 0.1) is 6.42 Å².